The van der Waals surface area contributed by atoms with E-state index >= 15 is 0 Å². The van der Waals surface area contributed by atoms with Gasteiger partial charge in [-0.2, -0.15) is 0 Å². The summed E-state index contributed by atoms with van der Waals surface area (Å²) in [5.41, 5.74) is 2.56. The largest absolute Gasteiger partial charge is 0.293 e. The molecule has 0 bridgehead atoms. The molecule has 0 aliphatic carbocycles. The first-order valence-electron chi connectivity index (χ1n) is 10.3. The van der Waals surface area contributed by atoms with Crippen LogP contribution < -0.4 is 4.57 Å². The van der Waals surface area contributed by atoms with Crippen molar-refractivity contribution in [2.45, 2.75) is 65.8 Å². The molecule has 0 aliphatic heterocycles. The Labute approximate surface area is 166 Å². The maximum atomic E-state index is 4.42. The highest BCUT2D eigenvalue weighted by Crippen LogP contribution is 2.00. The van der Waals surface area contributed by atoms with Crippen LogP contribution in [0.25, 0.3) is 0 Å². The minimum atomic E-state index is 0.919. The van der Waals surface area contributed by atoms with Gasteiger partial charge in [-0.05, 0) is 70.1 Å². The van der Waals surface area contributed by atoms with Crippen molar-refractivity contribution in [2.24, 2.45) is 4.99 Å². The quantitative estimate of drug-likeness (QED) is 0.168. The summed E-state index contributed by atoms with van der Waals surface area (Å²) in [6, 6.07) is 4.33. The van der Waals surface area contributed by atoms with Crippen LogP contribution >= 0.6 is 0 Å². The van der Waals surface area contributed by atoms with Crippen LogP contribution in [0.3, 0.4) is 0 Å². The molecule has 2 heteroatoms. The molecular formula is C25H37N2+. The first kappa shape index (κ1) is 22.8. The Kier molecular flexibility index (Phi) is 13.5. The third kappa shape index (κ3) is 13.6. The van der Waals surface area contributed by atoms with E-state index in [9.17, 15) is 0 Å². The molecule has 0 saturated heterocycles. The Morgan fingerprint density at radius 2 is 1.67 bits per heavy atom. The zero-order valence-corrected chi connectivity index (χ0v) is 17.5. The molecule has 0 N–H and O–H groups in total. The van der Waals surface area contributed by atoms with Crippen LogP contribution in [0.5, 0.6) is 0 Å². The fraction of sp³-hybridized carbons (Fsp3) is 0.440. The third-order valence-corrected chi connectivity index (χ3v) is 4.26. The van der Waals surface area contributed by atoms with Crippen LogP contribution in [0.15, 0.2) is 77.6 Å². The Hall–Kier alpha value is -2.22. The number of hydrogen-bond donors (Lipinski definition) is 0. The van der Waals surface area contributed by atoms with E-state index in [0.717, 1.165) is 32.4 Å². The van der Waals surface area contributed by atoms with Gasteiger partial charge in [-0.3, -0.25) is 4.99 Å². The standard InChI is InChI=1S/C25H37N2/c1-4-15-24(2)16-20-26-19-13-11-9-7-5-6-8-10-12-14-21-27-22-17-25(3)18-23-27/h4-8,15-18,20,22-23H,9-14,19,21H2,1-3H3/q+1/b7-5-,8-6-,15-4-,24-16-,26-20?. The van der Waals surface area contributed by atoms with Crippen molar-refractivity contribution >= 4 is 6.21 Å². The van der Waals surface area contributed by atoms with Gasteiger partial charge in [-0.15, -0.1) is 0 Å². The predicted octanol–water partition coefficient (Wildman–Crippen LogP) is 6.33. The van der Waals surface area contributed by atoms with E-state index < -0.39 is 0 Å². The van der Waals surface area contributed by atoms with Gasteiger partial charge < -0.3 is 0 Å². The Bertz CT molecular complexity index is 631. The minimum Gasteiger partial charge on any atom is -0.293 e. The monoisotopic (exact) mass is 365 g/mol. The number of nitrogens with zero attached hydrogens (tertiary/aromatic N) is 2. The van der Waals surface area contributed by atoms with E-state index in [0.29, 0.717) is 0 Å². The second-order valence-corrected chi connectivity index (χ2v) is 6.93. The number of rotatable bonds is 13. The Balaban J connectivity index is 1.97. The average Bonchev–Trinajstić information content (AvgIpc) is 2.66. The Morgan fingerprint density at radius 1 is 1.00 bits per heavy atom. The summed E-state index contributed by atoms with van der Waals surface area (Å²) in [6.07, 6.45) is 28.5. The van der Waals surface area contributed by atoms with Gasteiger partial charge >= 0.3 is 0 Å². The zero-order chi connectivity index (χ0) is 19.6. The summed E-state index contributed by atoms with van der Waals surface area (Å²) in [4.78, 5) is 4.42. The van der Waals surface area contributed by atoms with Crippen LogP contribution in [0.4, 0.5) is 0 Å². The van der Waals surface area contributed by atoms with Crippen LogP contribution in [0, 0.1) is 6.92 Å². The number of aryl methyl sites for hydroxylation is 2. The molecule has 0 atom stereocenters. The number of aliphatic imine (C=N–C) groups is 1. The number of hydrogen-bond acceptors (Lipinski definition) is 1. The topological polar surface area (TPSA) is 16.2 Å². The SMILES string of the molecule is C/C=C\C(C)=C/C=NCCCC/C=C\C=C/CCCC[n+]1ccc(C)cc1. The molecule has 0 amide bonds. The van der Waals surface area contributed by atoms with E-state index in [4.69, 9.17) is 0 Å². The van der Waals surface area contributed by atoms with Gasteiger partial charge in [-0.1, -0.05) is 36.5 Å². The molecule has 1 aromatic rings. The van der Waals surface area contributed by atoms with Crippen molar-refractivity contribution in [3.05, 3.63) is 78.2 Å². The van der Waals surface area contributed by atoms with E-state index in [1.165, 1.54) is 30.4 Å². The summed E-state index contributed by atoms with van der Waals surface area (Å²) in [5.74, 6) is 0. The molecule has 2 nitrogen and oxygen atoms in total. The van der Waals surface area contributed by atoms with Gasteiger partial charge in [0.25, 0.3) is 0 Å². The van der Waals surface area contributed by atoms with Gasteiger partial charge in [0.15, 0.2) is 12.4 Å². The normalized spacial score (nSPS) is 13.1. The van der Waals surface area contributed by atoms with Crippen LogP contribution in [-0.2, 0) is 6.54 Å². The molecule has 146 valence electrons. The van der Waals surface area contributed by atoms with Crippen molar-refractivity contribution in [1.82, 2.24) is 0 Å². The highest BCUT2D eigenvalue weighted by Gasteiger charge is 1.97. The smallest absolute Gasteiger partial charge is 0.169 e. The fourth-order valence-corrected chi connectivity index (χ4v) is 2.62. The molecule has 0 radical (unpaired) electrons. The molecule has 0 aromatic carbocycles. The number of allylic oxidation sites excluding steroid dienone is 8. The summed E-state index contributed by atoms with van der Waals surface area (Å²) >= 11 is 0. The summed E-state index contributed by atoms with van der Waals surface area (Å²) in [7, 11) is 0. The molecule has 0 spiro atoms. The molecular weight excluding hydrogens is 328 g/mol. The van der Waals surface area contributed by atoms with Gasteiger partial charge in [0, 0.05) is 31.3 Å². The lowest BCUT2D eigenvalue weighted by Crippen LogP contribution is -2.32. The summed E-state index contributed by atoms with van der Waals surface area (Å²) < 4.78 is 2.26. The average molecular weight is 366 g/mol. The lowest BCUT2D eigenvalue weighted by atomic mass is 10.2. The number of pyridine rings is 1. The van der Waals surface area contributed by atoms with E-state index in [-0.39, 0.29) is 0 Å². The van der Waals surface area contributed by atoms with Crippen LogP contribution in [0.2, 0.25) is 0 Å². The third-order valence-electron chi connectivity index (χ3n) is 4.26. The highest BCUT2D eigenvalue weighted by atomic mass is 14.9. The Morgan fingerprint density at radius 3 is 2.33 bits per heavy atom. The molecule has 0 unspecified atom stereocenters. The van der Waals surface area contributed by atoms with Gasteiger partial charge in [0.1, 0.15) is 6.54 Å². The van der Waals surface area contributed by atoms with E-state index in [2.05, 4.69) is 84.4 Å². The van der Waals surface area contributed by atoms with Crippen LogP contribution in [0.1, 0.15) is 57.9 Å². The van der Waals surface area contributed by atoms with Crippen molar-refractivity contribution in [2.75, 3.05) is 6.54 Å². The van der Waals surface area contributed by atoms with Gasteiger partial charge in [0.2, 0.25) is 0 Å². The van der Waals surface area contributed by atoms with Crippen molar-refractivity contribution in [1.29, 1.82) is 0 Å². The van der Waals surface area contributed by atoms with E-state index in [1.807, 2.05) is 19.2 Å². The molecule has 1 aromatic heterocycles. The van der Waals surface area contributed by atoms with Crippen LogP contribution in [-0.4, -0.2) is 12.8 Å². The second-order valence-electron chi connectivity index (χ2n) is 6.93. The zero-order valence-electron chi connectivity index (χ0n) is 17.5. The van der Waals surface area contributed by atoms with Crippen molar-refractivity contribution < 1.29 is 4.57 Å². The second kappa shape index (κ2) is 16.0. The minimum absolute atomic E-state index is 0.919. The number of unbranched alkanes of at least 4 members (excludes halogenated alkanes) is 4. The summed E-state index contributed by atoms with van der Waals surface area (Å²) in [5, 5.41) is 0. The lowest BCUT2D eigenvalue weighted by Gasteiger charge is -1.96. The molecule has 0 saturated carbocycles. The predicted molar refractivity (Wildman–Crippen MR) is 119 cm³/mol. The highest BCUT2D eigenvalue weighted by molar-refractivity contribution is 5.72. The van der Waals surface area contributed by atoms with Gasteiger partial charge in [0.05, 0.1) is 0 Å². The molecule has 1 rings (SSSR count). The summed E-state index contributed by atoms with van der Waals surface area (Å²) in [6.45, 7) is 8.28. The van der Waals surface area contributed by atoms with Crippen molar-refractivity contribution in [3.63, 3.8) is 0 Å². The molecule has 0 aliphatic rings. The first-order valence-corrected chi connectivity index (χ1v) is 10.3. The maximum absolute atomic E-state index is 4.42. The molecule has 0 fully saturated rings. The number of aromatic nitrogens is 1. The molecule has 27 heavy (non-hydrogen) atoms. The lowest BCUT2D eigenvalue weighted by molar-refractivity contribution is -0.697. The maximum Gasteiger partial charge on any atom is 0.169 e. The first-order chi connectivity index (χ1) is 13.2. The molecule has 1 heterocycles. The van der Waals surface area contributed by atoms with Crippen molar-refractivity contribution in [3.8, 4) is 0 Å². The van der Waals surface area contributed by atoms with E-state index in [1.54, 1.807) is 0 Å². The fourth-order valence-electron chi connectivity index (χ4n) is 2.62. The van der Waals surface area contributed by atoms with Gasteiger partial charge in [-0.25, -0.2) is 4.57 Å².